The Morgan fingerprint density at radius 1 is 1.71 bits per heavy atom. The van der Waals surface area contributed by atoms with E-state index in [1.54, 1.807) is 0 Å². The van der Waals surface area contributed by atoms with Gasteiger partial charge in [-0.1, -0.05) is 0 Å². The van der Waals surface area contributed by atoms with Gasteiger partial charge < -0.3 is 4.80 Å². The number of alkyl halides is 1. The molecule has 0 amide bonds. The monoisotopic (exact) mass is 138 g/mol. The largest absolute Gasteiger partial charge is 0.435 e. The molecule has 0 aromatic rings. The van der Waals surface area contributed by atoms with Gasteiger partial charge in [-0.2, -0.15) is 0 Å². The number of halogens is 1. The van der Waals surface area contributed by atoms with Crippen LogP contribution in [-0.2, 0) is 0 Å². The van der Waals surface area contributed by atoms with Gasteiger partial charge in [0.15, 0.2) is 9.04 Å². The van der Waals surface area contributed by atoms with Crippen LogP contribution in [-0.4, -0.2) is 19.7 Å². The maximum absolute atomic E-state index is 8.76. The molecule has 0 fully saturated rings. The average molecular weight is 139 g/mol. The smallest absolute Gasteiger partial charge is 0.169 e. The third-order valence-electron chi connectivity index (χ3n) is 0.756. The topological polar surface area (TPSA) is 20.2 Å². The van der Waals surface area contributed by atoms with Gasteiger partial charge in [0, 0.05) is 5.88 Å². The standard InChI is InChI=1S/C4H11ClOSi/c1-7(6)4-2-3-5/h6-7H,2-4H2,1H3. The molecule has 3 heteroatoms. The Bertz CT molecular complexity index is 40.7. The highest BCUT2D eigenvalue weighted by Gasteiger charge is 1.94. The maximum atomic E-state index is 8.76. The van der Waals surface area contributed by atoms with E-state index in [0.29, 0.717) is 5.88 Å². The lowest BCUT2D eigenvalue weighted by atomic mass is 10.6. The summed E-state index contributed by atoms with van der Waals surface area (Å²) in [5, 5.41) is 0. The van der Waals surface area contributed by atoms with Gasteiger partial charge in [-0.05, 0) is 19.0 Å². The fourth-order valence-electron chi connectivity index (χ4n) is 0.373. The van der Waals surface area contributed by atoms with Crippen molar-refractivity contribution in [1.29, 1.82) is 0 Å². The van der Waals surface area contributed by atoms with Crippen LogP contribution < -0.4 is 0 Å². The summed E-state index contributed by atoms with van der Waals surface area (Å²) >= 11 is 5.36. The van der Waals surface area contributed by atoms with Gasteiger partial charge in [0.2, 0.25) is 0 Å². The van der Waals surface area contributed by atoms with Crippen LogP contribution in [0.1, 0.15) is 6.42 Å². The van der Waals surface area contributed by atoms with Crippen molar-refractivity contribution in [2.45, 2.75) is 19.0 Å². The summed E-state index contributed by atoms with van der Waals surface area (Å²) in [5.74, 6) is 0.692. The average Bonchev–Trinajstić information content (AvgIpc) is 1.61. The molecule has 7 heavy (non-hydrogen) atoms. The van der Waals surface area contributed by atoms with E-state index in [2.05, 4.69) is 0 Å². The predicted molar refractivity (Wildman–Crippen MR) is 35.4 cm³/mol. The van der Waals surface area contributed by atoms with Crippen LogP contribution >= 0.6 is 11.6 Å². The van der Waals surface area contributed by atoms with Gasteiger partial charge in [-0.15, -0.1) is 11.6 Å². The van der Waals surface area contributed by atoms with Crippen molar-refractivity contribution >= 4 is 20.6 Å². The van der Waals surface area contributed by atoms with Gasteiger partial charge in [0.25, 0.3) is 0 Å². The molecule has 0 aliphatic carbocycles. The summed E-state index contributed by atoms with van der Waals surface area (Å²) in [4.78, 5) is 8.76. The second kappa shape index (κ2) is 4.62. The molecule has 0 aromatic carbocycles. The van der Waals surface area contributed by atoms with Gasteiger partial charge >= 0.3 is 0 Å². The van der Waals surface area contributed by atoms with Crippen molar-refractivity contribution in [3.8, 4) is 0 Å². The zero-order valence-corrected chi connectivity index (χ0v) is 6.43. The van der Waals surface area contributed by atoms with E-state index in [0.717, 1.165) is 12.5 Å². The van der Waals surface area contributed by atoms with Crippen LogP contribution in [0.15, 0.2) is 0 Å². The van der Waals surface area contributed by atoms with Crippen LogP contribution in [0.5, 0.6) is 0 Å². The second-order valence-corrected chi connectivity index (χ2v) is 4.33. The summed E-state index contributed by atoms with van der Waals surface area (Å²) in [6.07, 6.45) is 0.978. The van der Waals surface area contributed by atoms with Crippen molar-refractivity contribution in [3.05, 3.63) is 0 Å². The van der Waals surface area contributed by atoms with Gasteiger partial charge in [0.05, 0.1) is 0 Å². The van der Waals surface area contributed by atoms with E-state index in [1.165, 1.54) is 0 Å². The molecule has 0 aromatic heterocycles. The third-order valence-corrected chi connectivity index (χ3v) is 2.27. The van der Waals surface area contributed by atoms with Crippen molar-refractivity contribution in [2.75, 3.05) is 5.88 Å². The SMILES string of the molecule is C[SiH](O)CCCCl. The minimum absolute atomic E-state index is 0.692. The molecule has 0 saturated heterocycles. The first-order valence-electron chi connectivity index (χ1n) is 2.51. The molecule has 0 radical (unpaired) electrons. The zero-order chi connectivity index (χ0) is 5.70. The lowest BCUT2D eigenvalue weighted by Gasteiger charge is -1.95. The highest BCUT2D eigenvalue weighted by molar-refractivity contribution is 6.48. The van der Waals surface area contributed by atoms with Gasteiger partial charge in [-0.3, -0.25) is 0 Å². The number of hydrogen-bond donors (Lipinski definition) is 1. The van der Waals surface area contributed by atoms with Crippen molar-refractivity contribution < 1.29 is 4.80 Å². The minimum atomic E-state index is -1.27. The van der Waals surface area contributed by atoms with Gasteiger partial charge in [0.1, 0.15) is 0 Å². The molecular formula is C4H11ClOSi. The molecule has 0 heterocycles. The van der Waals surface area contributed by atoms with Crippen molar-refractivity contribution in [2.24, 2.45) is 0 Å². The van der Waals surface area contributed by atoms with Crippen LogP contribution in [0.4, 0.5) is 0 Å². The quantitative estimate of drug-likeness (QED) is 0.455. The maximum Gasteiger partial charge on any atom is 0.169 e. The molecule has 0 aliphatic heterocycles. The summed E-state index contributed by atoms with van der Waals surface area (Å²) in [7, 11) is -1.27. The second-order valence-electron chi connectivity index (χ2n) is 1.68. The molecule has 0 rings (SSSR count). The van der Waals surface area contributed by atoms with E-state index >= 15 is 0 Å². The summed E-state index contributed by atoms with van der Waals surface area (Å²) in [6.45, 7) is 1.91. The molecule has 0 spiro atoms. The summed E-state index contributed by atoms with van der Waals surface area (Å²) < 4.78 is 0. The molecule has 0 aliphatic rings. The first-order valence-corrected chi connectivity index (χ1v) is 5.53. The minimum Gasteiger partial charge on any atom is -0.435 e. The Balaban J connectivity index is 2.68. The highest BCUT2D eigenvalue weighted by Crippen LogP contribution is 1.94. The molecule has 0 bridgehead atoms. The Labute approximate surface area is 51.0 Å². The molecule has 44 valence electrons. The van der Waals surface area contributed by atoms with Crippen LogP contribution in [0.2, 0.25) is 12.6 Å². The molecule has 0 saturated carbocycles. The van der Waals surface area contributed by atoms with Crippen molar-refractivity contribution in [1.82, 2.24) is 0 Å². The van der Waals surface area contributed by atoms with E-state index in [-0.39, 0.29) is 0 Å². The Hall–Kier alpha value is 0.467. The van der Waals surface area contributed by atoms with Crippen LogP contribution in [0.25, 0.3) is 0 Å². The lowest BCUT2D eigenvalue weighted by Crippen LogP contribution is -2.03. The molecule has 1 atom stereocenters. The van der Waals surface area contributed by atoms with E-state index in [4.69, 9.17) is 16.4 Å². The Morgan fingerprint density at radius 2 is 2.29 bits per heavy atom. The predicted octanol–water partition coefficient (Wildman–Crippen LogP) is 0.961. The van der Waals surface area contributed by atoms with E-state index < -0.39 is 9.04 Å². The number of rotatable bonds is 3. The normalized spacial score (nSPS) is 14.1. The Morgan fingerprint density at radius 3 is 2.43 bits per heavy atom. The molecule has 1 N–H and O–H groups in total. The van der Waals surface area contributed by atoms with Crippen LogP contribution in [0.3, 0.4) is 0 Å². The van der Waals surface area contributed by atoms with Crippen LogP contribution in [0, 0.1) is 0 Å². The van der Waals surface area contributed by atoms with Crippen molar-refractivity contribution in [3.63, 3.8) is 0 Å². The fourth-order valence-corrected chi connectivity index (χ4v) is 1.58. The van der Waals surface area contributed by atoms with E-state index in [9.17, 15) is 0 Å². The third kappa shape index (κ3) is 6.47. The lowest BCUT2D eigenvalue weighted by molar-refractivity contribution is 0.574. The Kier molecular flexibility index (Phi) is 4.93. The number of hydrogen-bond acceptors (Lipinski definition) is 1. The molecular weight excluding hydrogens is 128 g/mol. The molecule has 1 unspecified atom stereocenters. The first kappa shape index (κ1) is 7.47. The molecule has 1 nitrogen and oxygen atoms in total. The van der Waals surface area contributed by atoms with Gasteiger partial charge in [-0.25, -0.2) is 0 Å². The zero-order valence-electron chi connectivity index (χ0n) is 4.52. The summed E-state index contributed by atoms with van der Waals surface area (Å²) in [6, 6.07) is 0.962. The fraction of sp³-hybridized carbons (Fsp3) is 1.00. The summed E-state index contributed by atoms with van der Waals surface area (Å²) in [5.41, 5.74) is 0. The first-order chi connectivity index (χ1) is 3.27. The highest BCUT2D eigenvalue weighted by atomic mass is 35.5. The van der Waals surface area contributed by atoms with E-state index in [1.807, 2.05) is 6.55 Å².